The summed E-state index contributed by atoms with van der Waals surface area (Å²) in [6.45, 7) is 1.85. The van der Waals surface area contributed by atoms with E-state index in [4.69, 9.17) is 11.6 Å². The summed E-state index contributed by atoms with van der Waals surface area (Å²) in [5.41, 5.74) is -0.0482. The van der Waals surface area contributed by atoms with Crippen LogP contribution in [0.15, 0.2) is 24.3 Å². The first-order valence-electron chi connectivity index (χ1n) is 7.22. The average molecular weight is 310 g/mol. The smallest absolute Gasteiger partial charge is 0.310 e. The van der Waals surface area contributed by atoms with Gasteiger partial charge in [-0.3, -0.25) is 9.59 Å². The molecule has 2 N–H and O–H groups in total. The van der Waals surface area contributed by atoms with Crippen molar-refractivity contribution >= 4 is 23.5 Å². The van der Waals surface area contributed by atoms with Crippen LogP contribution in [0.3, 0.4) is 0 Å². The number of benzene rings is 1. The molecule has 1 atom stereocenters. The van der Waals surface area contributed by atoms with Crippen molar-refractivity contribution in [3.05, 3.63) is 34.9 Å². The van der Waals surface area contributed by atoms with Gasteiger partial charge in [-0.2, -0.15) is 0 Å². The zero-order chi connectivity index (χ0) is 15.5. The van der Waals surface area contributed by atoms with Crippen molar-refractivity contribution in [1.29, 1.82) is 0 Å². The Kier molecular flexibility index (Phi) is 4.88. The molecule has 0 spiro atoms. The molecule has 0 bridgehead atoms. The van der Waals surface area contributed by atoms with Crippen LogP contribution in [0.2, 0.25) is 5.02 Å². The molecule has 21 heavy (non-hydrogen) atoms. The van der Waals surface area contributed by atoms with Crippen molar-refractivity contribution in [2.75, 3.05) is 0 Å². The first kappa shape index (κ1) is 15.8. The molecule has 1 aromatic carbocycles. The maximum atomic E-state index is 12.2. The molecule has 0 radical (unpaired) electrons. The zero-order valence-corrected chi connectivity index (χ0v) is 12.8. The van der Waals surface area contributed by atoms with Gasteiger partial charge in [0.25, 0.3) is 0 Å². The number of carboxylic acids is 1. The minimum absolute atomic E-state index is 0.0388. The van der Waals surface area contributed by atoms with E-state index in [1.165, 1.54) is 0 Å². The second-order valence-corrected chi connectivity index (χ2v) is 6.19. The Balaban J connectivity index is 2.01. The first-order chi connectivity index (χ1) is 9.94. The third-order valence-electron chi connectivity index (χ3n) is 4.26. The summed E-state index contributed by atoms with van der Waals surface area (Å²) in [4.78, 5) is 23.7. The van der Waals surface area contributed by atoms with Crippen LogP contribution >= 0.6 is 11.6 Å². The van der Waals surface area contributed by atoms with Gasteiger partial charge in [-0.05, 0) is 31.4 Å². The Morgan fingerprint density at radius 2 is 1.95 bits per heavy atom. The molecule has 1 fully saturated rings. The molecule has 0 aliphatic heterocycles. The third-order valence-corrected chi connectivity index (χ3v) is 4.61. The highest BCUT2D eigenvalue weighted by Gasteiger charge is 2.43. The van der Waals surface area contributed by atoms with E-state index in [9.17, 15) is 14.7 Å². The Hall–Kier alpha value is -1.55. The Labute approximate surface area is 129 Å². The molecule has 1 aromatic rings. The SMILES string of the molecule is C[C@@H](NC(=O)CC1(C(=O)O)CCCC1)c1ccccc1Cl. The van der Waals surface area contributed by atoms with Crippen LogP contribution in [0.5, 0.6) is 0 Å². The lowest BCUT2D eigenvalue weighted by Crippen LogP contribution is -2.36. The monoisotopic (exact) mass is 309 g/mol. The van der Waals surface area contributed by atoms with Crippen molar-refractivity contribution < 1.29 is 14.7 Å². The van der Waals surface area contributed by atoms with E-state index in [1.54, 1.807) is 6.07 Å². The normalized spacial score (nSPS) is 18.2. The van der Waals surface area contributed by atoms with E-state index in [0.29, 0.717) is 17.9 Å². The second kappa shape index (κ2) is 6.48. The van der Waals surface area contributed by atoms with Gasteiger partial charge in [0, 0.05) is 11.4 Å². The summed E-state index contributed by atoms with van der Waals surface area (Å²) in [6, 6.07) is 7.08. The predicted octanol–water partition coefficient (Wildman–Crippen LogP) is 3.55. The molecule has 1 saturated carbocycles. The number of rotatable bonds is 5. The molecule has 114 valence electrons. The quantitative estimate of drug-likeness (QED) is 0.874. The van der Waals surface area contributed by atoms with Crippen molar-refractivity contribution in [1.82, 2.24) is 5.32 Å². The number of halogens is 1. The number of amides is 1. The molecule has 0 unspecified atom stereocenters. The van der Waals surface area contributed by atoms with E-state index in [-0.39, 0.29) is 18.4 Å². The minimum atomic E-state index is -0.885. The zero-order valence-electron chi connectivity index (χ0n) is 12.1. The Morgan fingerprint density at radius 3 is 2.52 bits per heavy atom. The van der Waals surface area contributed by atoms with Gasteiger partial charge < -0.3 is 10.4 Å². The molecule has 2 rings (SSSR count). The fraction of sp³-hybridized carbons (Fsp3) is 0.500. The van der Waals surface area contributed by atoms with Gasteiger partial charge in [0.1, 0.15) is 0 Å². The van der Waals surface area contributed by atoms with Crippen LogP contribution in [0.1, 0.15) is 50.6 Å². The first-order valence-corrected chi connectivity index (χ1v) is 7.60. The summed E-state index contributed by atoms with van der Waals surface area (Å²) in [7, 11) is 0. The summed E-state index contributed by atoms with van der Waals surface area (Å²) in [6.07, 6.45) is 2.95. The predicted molar refractivity (Wildman–Crippen MR) is 81.2 cm³/mol. The van der Waals surface area contributed by atoms with Gasteiger partial charge in [0.2, 0.25) is 5.91 Å². The molecule has 5 heteroatoms. The van der Waals surface area contributed by atoms with Gasteiger partial charge in [0.15, 0.2) is 0 Å². The summed E-state index contributed by atoms with van der Waals surface area (Å²) < 4.78 is 0. The number of carbonyl (C=O) groups is 2. The Bertz CT molecular complexity index is 538. The fourth-order valence-corrected chi connectivity index (χ4v) is 3.32. The number of carboxylic acid groups (broad SMARTS) is 1. The number of carbonyl (C=O) groups excluding carboxylic acids is 1. The van der Waals surface area contributed by atoms with E-state index in [0.717, 1.165) is 18.4 Å². The van der Waals surface area contributed by atoms with Crippen LogP contribution in [0.25, 0.3) is 0 Å². The average Bonchev–Trinajstić information content (AvgIpc) is 2.88. The standard InChI is InChI=1S/C16H20ClNO3/c1-11(12-6-2-3-7-13(12)17)18-14(19)10-16(15(20)21)8-4-5-9-16/h2-3,6-7,11H,4-5,8-10H2,1H3,(H,18,19)(H,20,21)/t11-/m1/s1. The number of aliphatic carboxylic acids is 1. The number of nitrogens with one attached hydrogen (secondary N) is 1. The maximum absolute atomic E-state index is 12.2. The van der Waals surface area contributed by atoms with Crippen molar-refractivity contribution in [2.45, 2.75) is 45.1 Å². The minimum Gasteiger partial charge on any atom is -0.481 e. The number of hydrogen-bond acceptors (Lipinski definition) is 2. The molecule has 1 aliphatic carbocycles. The highest BCUT2D eigenvalue weighted by molar-refractivity contribution is 6.31. The van der Waals surface area contributed by atoms with E-state index >= 15 is 0 Å². The van der Waals surface area contributed by atoms with Crippen LogP contribution in [-0.4, -0.2) is 17.0 Å². The van der Waals surface area contributed by atoms with Gasteiger partial charge in [0.05, 0.1) is 11.5 Å². The topological polar surface area (TPSA) is 66.4 Å². The van der Waals surface area contributed by atoms with Gasteiger partial charge in [-0.25, -0.2) is 0 Å². The maximum Gasteiger partial charge on any atom is 0.310 e. The molecule has 0 saturated heterocycles. The van der Waals surface area contributed by atoms with Crippen LogP contribution in [-0.2, 0) is 9.59 Å². The lowest BCUT2D eigenvalue weighted by Gasteiger charge is -2.24. The van der Waals surface area contributed by atoms with Crippen molar-refractivity contribution in [3.8, 4) is 0 Å². The Morgan fingerprint density at radius 1 is 1.33 bits per heavy atom. The van der Waals surface area contributed by atoms with Crippen molar-refractivity contribution in [2.24, 2.45) is 5.41 Å². The third kappa shape index (κ3) is 3.56. The van der Waals surface area contributed by atoms with E-state index in [1.807, 2.05) is 25.1 Å². The molecule has 4 nitrogen and oxygen atoms in total. The van der Waals surface area contributed by atoms with Gasteiger partial charge in [-0.15, -0.1) is 0 Å². The van der Waals surface area contributed by atoms with Gasteiger partial charge >= 0.3 is 5.97 Å². The molecule has 1 aliphatic rings. The molecule has 1 amide bonds. The lowest BCUT2D eigenvalue weighted by molar-refractivity contribution is -0.151. The highest BCUT2D eigenvalue weighted by Crippen LogP contribution is 2.41. The van der Waals surface area contributed by atoms with Gasteiger partial charge in [-0.1, -0.05) is 42.6 Å². The largest absolute Gasteiger partial charge is 0.481 e. The number of hydrogen-bond donors (Lipinski definition) is 2. The van der Waals surface area contributed by atoms with E-state index in [2.05, 4.69) is 5.32 Å². The molecule has 0 aromatic heterocycles. The molecular formula is C16H20ClNO3. The lowest BCUT2D eigenvalue weighted by atomic mass is 9.82. The summed E-state index contributed by atoms with van der Waals surface area (Å²) in [5, 5.41) is 12.9. The summed E-state index contributed by atoms with van der Waals surface area (Å²) >= 11 is 6.11. The van der Waals surface area contributed by atoms with Crippen molar-refractivity contribution in [3.63, 3.8) is 0 Å². The van der Waals surface area contributed by atoms with Crippen LogP contribution in [0.4, 0.5) is 0 Å². The second-order valence-electron chi connectivity index (χ2n) is 5.78. The summed E-state index contributed by atoms with van der Waals surface area (Å²) in [5.74, 6) is -1.09. The van der Waals surface area contributed by atoms with Crippen LogP contribution in [0, 0.1) is 5.41 Å². The van der Waals surface area contributed by atoms with Crippen LogP contribution < -0.4 is 5.32 Å². The molecule has 0 heterocycles. The fourth-order valence-electron chi connectivity index (χ4n) is 3.02. The van der Waals surface area contributed by atoms with E-state index < -0.39 is 11.4 Å². The molecular weight excluding hydrogens is 290 g/mol. The highest BCUT2D eigenvalue weighted by atomic mass is 35.5.